The van der Waals surface area contributed by atoms with Crippen molar-refractivity contribution in [3.63, 3.8) is 0 Å². The minimum atomic E-state index is -1.16. The normalized spacial score (nSPS) is 21.1. The lowest BCUT2D eigenvalue weighted by molar-refractivity contribution is 0.673. The highest BCUT2D eigenvalue weighted by Crippen LogP contribution is 2.13. The highest BCUT2D eigenvalue weighted by atomic mass is 32.2. The van der Waals surface area contributed by atoms with Gasteiger partial charge in [-0.1, -0.05) is 19.8 Å². The lowest BCUT2D eigenvalue weighted by atomic mass is 10.1. The third-order valence-electron chi connectivity index (χ3n) is 2.01. The molecule has 2 unspecified atom stereocenters. The zero-order valence-electron chi connectivity index (χ0n) is 8.72. The van der Waals surface area contributed by atoms with Gasteiger partial charge in [-0.25, -0.2) is 14.2 Å². The topological polar surface area (TPSA) is 93.8 Å². The van der Waals surface area contributed by atoms with E-state index in [9.17, 15) is 4.21 Å². The molecule has 0 saturated heterocycles. The number of unbranched alkanes of at least 4 members (excludes halogenated alkanes) is 1. The number of rotatable bonds is 5. The van der Waals surface area contributed by atoms with Crippen LogP contribution >= 0.6 is 0 Å². The average Bonchev–Trinajstić information content (AvgIpc) is 2.58. The molecule has 1 rings (SSSR count). The lowest BCUT2D eigenvalue weighted by Crippen LogP contribution is -2.29. The molecule has 0 radical (unpaired) electrons. The molecule has 0 aromatic heterocycles. The molecule has 0 spiro atoms. The summed E-state index contributed by atoms with van der Waals surface area (Å²) in [5, 5.41) is 2.09. The number of nitrogens with zero attached hydrogens (tertiary/aromatic N) is 2. The van der Waals surface area contributed by atoms with Gasteiger partial charge in [-0.3, -0.25) is 0 Å². The second-order valence-electron chi connectivity index (χ2n) is 3.26. The maximum atomic E-state index is 11.5. The van der Waals surface area contributed by atoms with E-state index in [-0.39, 0.29) is 12.0 Å². The maximum Gasteiger partial charge on any atom is 0.186 e. The monoisotopic (exact) mass is 228 g/mol. The van der Waals surface area contributed by atoms with Crippen LogP contribution in [0, 0.1) is 0 Å². The summed E-state index contributed by atoms with van der Waals surface area (Å²) in [4.78, 5) is 8.10. The van der Waals surface area contributed by atoms with Crippen molar-refractivity contribution in [3.05, 3.63) is 11.6 Å². The highest BCUT2D eigenvalue weighted by Gasteiger charge is 2.21. The molecule has 1 aliphatic rings. The lowest BCUT2D eigenvalue weighted by Gasteiger charge is -2.11. The molecule has 4 N–H and O–H groups in total. The second kappa shape index (κ2) is 5.65. The molecule has 0 bridgehead atoms. The van der Waals surface area contributed by atoms with E-state index in [1.807, 2.05) is 0 Å². The predicted octanol–water partition coefficient (Wildman–Crippen LogP) is 0.451. The van der Waals surface area contributed by atoms with E-state index in [1.54, 1.807) is 0 Å². The Morgan fingerprint density at radius 3 is 2.87 bits per heavy atom. The molecule has 15 heavy (non-hydrogen) atoms. The number of hydrogen-bond acceptors (Lipinski definition) is 3. The smallest absolute Gasteiger partial charge is 0.186 e. The third kappa shape index (κ3) is 3.47. The first kappa shape index (κ1) is 11.9. The molecule has 6 heteroatoms. The zero-order valence-corrected chi connectivity index (χ0v) is 9.54. The Balaban J connectivity index is 2.73. The Kier molecular flexibility index (Phi) is 4.48. The molecule has 0 aromatic rings. The van der Waals surface area contributed by atoms with Gasteiger partial charge in [-0.15, -0.1) is 0 Å². The van der Waals surface area contributed by atoms with E-state index < -0.39 is 10.8 Å². The Morgan fingerprint density at radius 2 is 2.40 bits per heavy atom. The third-order valence-corrected chi connectivity index (χ3v) is 3.17. The van der Waals surface area contributed by atoms with Crippen molar-refractivity contribution in [1.29, 1.82) is 0 Å². The van der Waals surface area contributed by atoms with Crippen LogP contribution in [-0.4, -0.2) is 21.3 Å². The summed E-state index contributed by atoms with van der Waals surface area (Å²) >= 11 is 0. The van der Waals surface area contributed by atoms with E-state index in [4.69, 9.17) is 11.5 Å². The number of hydrogen-bond donors (Lipinski definition) is 2. The molecular weight excluding hydrogens is 212 g/mol. The molecule has 0 aromatic carbocycles. The van der Waals surface area contributed by atoms with Crippen molar-refractivity contribution in [1.82, 2.24) is 0 Å². The van der Waals surface area contributed by atoms with Crippen LogP contribution in [0.5, 0.6) is 0 Å². The molecule has 1 aliphatic heterocycles. The fraction of sp³-hybridized carbons (Fsp3) is 0.556. The van der Waals surface area contributed by atoms with Crippen molar-refractivity contribution in [2.24, 2.45) is 21.5 Å². The average molecular weight is 228 g/mol. The van der Waals surface area contributed by atoms with Gasteiger partial charge in [0, 0.05) is 11.6 Å². The van der Waals surface area contributed by atoms with E-state index in [2.05, 4.69) is 16.9 Å². The van der Waals surface area contributed by atoms with Gasteiger partial charge in [-0.05, 0) is 6.42 Å². The number of guanidine groups is 1. The van der Waals surface area contributed by atoms with Crippen LogP contribution in [0.25, 0.3) is 0 Å². The van der Waals surface area contributed by atoms with Crippen LogP contribution in [-0.2, 0) is 10.8 Å². The Morgan fingerprint density at radius 1 is 1.67 bits per heavy atom. The first-order valence-corrected chi connectivity index (χ1v) is 6.10. The summed E-state index contributed by atoms with van der Waals surface area (Å²) in [5.41, 5.74) is 10.7. The first-order chi connectivity index (χ1) is 7.15. The van der Waals surface area contributed by atoms with Crippen LogP contribution in [0.2, 0.25) is 0 Å². The molecule has 0 aliphatic carbocycles. The molecule has 0 amide bonds. The van der Waals surface area contributed by atoms with Crippen molar-refractivity contribution in [2.75, 3.05) is 0 Å². The van der Waals surface area contributed by atoms with Crippen molar-refractivity contribution >= 4 is 21.8 Å². The second-order valence-corrected chi connectivity index (χ2v) is 4.55. The summed E-state index contributed by atoms with van der Waals surface area (Å²) in [7, 11) is -1.16. The van der Waals surface area contributed by atoms with E-state index >= 15 is 0 Å². The minimum Gasteiger partial charge on any atom is -0.370 e. The summed E-state index contributed by atoms with van der Waals surface area (Å²) < 4.78 is 11.5. The van der Waals surface area contributed by atoms with E-state index in [0.29, 0.717) is 5.04 Å². The molecule has 2 atom stereocenters. The van der Waals surface area contributed by atoms with Crippen molar-refractivity contribution in [2.45, 2.75) is 32.2 Å². The fourth-order valence-corrected chi connectivity index (χ4v) is 2.24. The largest absolute Gasteiger partial charge is 0.370 e. The highest BCUT2D eigenvalue weighted by molar-refractivity contribution is 8.03. The predicted molar refractivity (Wildman–Crippen MR) is 63.8 cm³/mol. The quantitative estimate of drug-likeness (QED) is 0.528. The minimum absolute atomic E-state index is 0.0164. The molecule has 1 heterocycles. The van der Waals surface area contributed by atoms with Crippen molar-refractivity contribution < 1.29 is 4.21 Å². The van der Waals surface area contributed by atoms with Gasteiger partial charge in [0.15, 0.2) is 5.96 Å². The molecule has 5 nitrogen and oxygen atoms in total. The Bertz CT molecular complexity index is 331. The van der Waals surface area contributed by atoms with Crippen LogP contribution in [0.4, 0.5) is 0 Å². The molecule has 84 valence electrons. The van der Waals surface area contributed by atoms with Gasteiger partial charge in [-0.2, -0.15) is 0 Å². The van der Waals surface area contributed by atoms with Gasteiger partial charge in [0.05, 0.1) is 10.8 Å². The SMILES string of the molecule is CCCCC(N=C(N)N)C1=NC=CS1=O. The van der Waals surface area contributed by atoms with Crippen LogP contribution in [0.1, 0.15) is 26.2 Å². The van der Waals surface area contributed by atoms with Gasteiger partial charge in [0.1, 0.15) is 11.1 Å². The first-order valence-electron chi connectivity index (χ1n) is 4.88. The number of nitrogens with two attached hydrogens (primary N) is 2. The van der Waals surface area contributed by atoms with E-state index in [0.717, 1.165) is 19.3 Å². The van der Waals surface area contributed by atoms with Gasteiger partial charge < -0.3 is 11.5 Å². The summed E-state index contributed by atoms with van der Waals surface area (Å²) in [5.74, 6) is 0.0164. The van der Waals surface area contributed by atoms with Crippen LogP contribution in [0.15, 0.2) is 21.6 Å². The Hall–Kier alpha value is -1.17. The zero-order chi connectivity index (χ0) is 11.3. The van der Waals surface area contributed by atoms with Crippen LogP contribution in [0.3, 0.4) is 0 Å². The van der Waals surface area contributed by atoms with Crippen molar-refractivity contribution in [3.8, 4) is 0 Å². The molecule has 0 fully saturated rings. The van der Waals surface area contributed by atoms with E-state index in [1.165, 1.54) is 11.6 Å². The molecular formula is C9H16N4OS. The summed E-state index contributed by atoms with van der Waals surface area (Å²) in [6.07, 6.45) is 4.34. The van der Waals surface area contributed by atoms with Gasteiger partial charge >= 0.3 is 0 Å². The fourth-order valence-electron chi connectivity index (χ4n) is 1.32. The maximum absolute atomic E-state index is 11.5. The van der Waals surface area contributed by atoms with Crippen LogP contribution < -0.4 is 11.5 Å². The molecule has 0 saturated carbocycles. The van der Waals surface area contributed by atoms with Gasteiger partial charge in [0.2, 0.25) is 0 Å². The number of aliphatic imine (C=N–C) groups is 2. The summed E-state index contributed by atoms with van der Waals surface area (Å²) in [6, 6.07) is -0.245. The summed E-state index contributed by atoms with van der Waals surface area (Å²) in [6.45, 7) is 2.08. The Labute approximate surface area is 91.8 Å². The van der Waals surface area contributed by atoms with Gasteiger partial charge in [0.25, 0.3) is 0 Å². The standard InChI is InChI=1S/C9H16N4OS/c1-2-3-4-7(13-9(10)11)8-12-5-6-15(8)14/h5-7H,2-4H2,1H3,(H4,10,11,13).